The Bertz CT molecular complexity index is 1000. The van der Waals surface area contributed by atoms with Gasteiger partial charge in [0, 0.05) is 32.2 Å². The van der Waals surface area contributed by atoms with E-state index in [-0.39, 0.29) is 5.91 Å². The fourth-order valence-corrected chi connectivity index (χ4v) is 4.24. The maximum Gasteiger partial charge on any atom is 0.263 e. The van der Waals surface area contributed by atoms with Crippen molar-refractivity contribution in [1.29, 1.82) is 0 Å². The van der Waals surface area contributed by atoms with Gasteiger partial charge in [0.15, 0.2) is 6.10 Å². The van der Waals surface area contributed by atoms with Gasteiger partial charge < -0.3 is 14.5 Å². The Morgan fingerprint density at radius 2 is 1.93 bits per heavy atom. The molecule has 1 unspecified atom stereocenters. The molecule has 3 aromatic rings. The van der Waals surface area contributed by atoms with Crippen LogP contribution in [0.4, 0.5) is 5.82 Å². The second-order valence-corrected chi connectivity index (χ2v) is 8.19. The van der Waals surface area contributed by atoms with E-state index in [1.54, 1.807) is 42.8 Å². The Balaban J connectivity index is 1.38. The normalized spacial score (nSPS) is 15.7. The summed E-state index contributed by atoms with van der Waals surface area (Å²) < 4.78 is 5.76. The van der Waals surface area contributed by atoms with E-state index in [1.807, 2.05) is 16.3 Å². The number of thiophene rings is 1. The molecule has 4 rings (SSSR count). The van der Waals surface area contributed by atoms with Crippen molar-refractivity contribution in [3.63, 3.8) is 0 Å². The topological polar surface area (TPSA) is 58.6 Å². The highest BCUT2D eigenvalue weighted by Crippen LogP contribution is 2.28. The van der Waals surface area contributed by atoms with E-state index in [2.05, 4.69) is 14.9 Å². The number of halogens is 2. The summed E-state index contributed by atoms with van der Waals surface area (Å²) in [4.78, 5) is 26.5. The van der Waals surface area contributed by atoms with Crippen molar-refractivity contribution in [3.8, 4) is 5.75 Å². The average molecular weight is 437 g/mol. The van der Waals surface area contributed by atoms with Gasteiger partial charge in [0.25, 0.3) is 5.91 Å². The summed E-state index contributed by atoms with van der Waals surface area (Å²) >= 11 is 13.5. The monoisotopic (exact) mass is 436 g/mol. The molecule has 1 aliphatic heterocycles. The van der Waals surface area contributed by atoms with Crippen molar-refractivity contribution in [2.45, 2.75) is 13.0 Å². The first-order valence-corrected chi connectivity index (χ1v) is 10.5. The molecule has 2 aromatic heterocycles. The Labute approximate surface area is 176 Å². The van der Waals surface area contributed by atoms with Crippen LogP contribution in [0, 0.1) is 0 Å². The molecule has 1 amide bonds. The Morgan fingerprint density at radius 3 is 2.68 bits per heavy atom. The first kappa shape index (κ1) is 19.2. The molecule has 9 heteroatoms. The molecular formula is C19H18Cl2N4O2S. The lowest BCUT2D eigenvalue weighted by atomic mass is 10.2. The van der Waals surface area contributed by atoms with Crippen molar-refractivity contribution in [1.82, 2.24) is 14.9 Å². The Hall–Kier alpha value is -2.09. The van der Waals surface area contributed by atoms with Gasteiger partial charge in [-0.05, 0) is 30.5 Å². The van der Waals surface area contributed by atoms with Crippen molar-refractivity contribution in [2.24, 2.45) is 0 Å². The van der Waals surface area contributed by atoms with Gasteiger partial charge in [-0.1, -0.05) is 23.2 Å². The standard InChI is InChI=1S/C19H18Cl2N4O2S/c1-12(27-13-2-3-15(20)16(21)10-13)19(26)25-7-5-24(6-8-25)17-14-4-9-28-18(14)23-11-22-17/h2-4,9-12H,5-8H2,1H3. The lowest BCUT2D eigenvalue weighted by Gasteiger charge is -2.36. The van der Waals surface area contributed by atoms with Gasteiger partial charge in [-0.25, -0.2) is 9.97 Å². The molecule has 0 bridgehead atoms. The minimum atomic E-state index is -0.605. The number of ether oxygens (including phenoxy) is 1. The number of rotatable bonds is 4. The minimum absolute atomic E-state index is 0.0471. The van der Waals surface area contributed by atoms with Crippen LogP contribution in [0.15, 0.2) is 36.0 Å². The highest BCUT2D eigenvalue weighted by molar-refractivity contribution is 7.16. The number of anilines is 1. The minimum Gasteiger partial charge on any atom is -0.481 e. The van der Waals surface area contributed by atoms with Gasteiger partial charge >= 0.3 is 0 Å². The number of benzene rings is 1. The second kappa shape index (κ2) is 8.11. The van der Waals surface area contributed by atoms with E-state index in [9.17, 15) is 4.79 Å². The quantitative estimate of drug-likeness (QED) is 0.615. The van der Waals surface area contributed by atoms with E-state index < -0.39 is 6.10 Å². The smallest absolute Gasteiger partial charge is 0.263 e. The fraction of sp³-hybridized carbons (Fsp3) is 0.316. The zero-order valence-electron chi connectivity index (χ0n) is 15.1. The lowest BCUT2D eigenvalue weighted by molar-refractivity contribution is -0.138. The zero-order valence-corrected chi connectivity index (χ0v) is 17.5. The third-order valence-corrected chi connectivity index (χ3v) is 6.24. The number of hydrogen-bond acceptors (Lipinski definition) is 6. The highest BCUT2D eigenvalue weighted by atomic mass is 35.5. The van der Waals surface area contributed by atoms with Crippen molar-refractivity contribution < 1.29 is 9.53 Å². The Morgan fingerprint density at radius 1 is 1.14 bits per heavy atom. The SMILES string of the molecule is CC(Oc1ccc(Cl)c(Cl)c1)C(=O)N1CCN(c2ncnc3sccc23)CC1. The average Bonchev–Trinajstić information content (AvgIpc) is 3.19. The molecule has 1 aliphatic rings. The van der Waals surface area contributed by atoms with Gasteiger partial charge in [-0.3, -0.25) is 4.79 Å². The molecule has 146 valence electrons. The van der Waals surface area contributed by atoms with Gasteiger partial charge in [0.2, 0.25) is 0 Å². The summed E-state index contributed by atoms with van der Waals surface area (Å²) in [6, 6.07) is 7.02. The van der Waals surface area contributed by atoms with Crippen LogP contribution in [-0.4, -0.2) is 53.1 Å². The third-order valence-electron chi connectivity index (χ3n) is 4.68. The van der Waals surface area contributed by atoms with Crippen LogP contribution >= 0.6 is 34.5 Å². The number of amides is 1. The van der Waals surface area contributed by atoms with Crippen LogP contribution in [0.5, 0.6) is 5.75 Å². The number of aromatic nitrogens is 2. The van der Waals surface area contributed by atoms with Gasteiger partial charge in [-0.2, -0.15) is 0 Å². The van der Waals surface area contributed by atoms with Crippen LogP contribution in [0.2, 0.25) is 10.0 Å². The summed E-state index contributed by atoms with van der Waals surface area (Å²) in [6.45, 7) is 4.41. The largest absolute Gasteiger partial charge is 0.481 e. The number of piperazine rings is 1. The molecule has 28 heavy (non-hydrogen) atoms. The first-order chi connectivity index (χ1) is 13.5. The molecule has 3 heterocycles. The molecule has 1 fully saturated rings. The van der Waals surface area contributed by atoms with Crippen LogP contribution in [0.1, 0.15) is 6.92 Å². The summed E-state index contributed by atoms with van der Waals surface area (Å²) in [5, 5.41) is 3.93. The van der Waals surface area contributed by atoms with Gasteiger partial charge in [0.05, 0.1) is 15.4 Å². The maximum atomic E-state index is 12.8. The van der Waals surface area contributed by atoms with Crippen LogP contribution in [0.25, 0.3) is 10.2 Å². The molecule has 1 atom stereocenters. The molecule has 0 aliphatic carbocycles. The summed E-state index contributed by atoms with van der Waals surface area (Å²) in [5.74, 6) is 1.40. The predicted molar refractivity (Wildman–Crippen MR) is 113 cm³/mol. The molecule has 1 aromatic carbocycles. The third kappa shape index (κ3) is 3.87. The van der Waals surface area contributed by atoms with Crippen molar-refractivity contribution >= 4 is 56.5 Å². The lowest BCUT2D eigenvalue weighted by Crippen LogP contribution is -2.52. The number of nitrogens with zero attached hydrogens (tertiary/aromatic N) is 4. The number of hydrogen-bond donors (Lipinski definition) is 0. The van der Waals surface area contributed by atoms with Crippen LogP contribution in [-0.2, 0) is 4.79 Å². The molecular weight excluding hydrogens is 419 g/mol. The van der Waals surface area contributed by atoms with Crippen molar-refractivity contribution in [2.75, 3.05) is 31.1 Å². The molecule has 0 spiro atoms. The number of carbonyl (C=O) groups excluding carboxylic acids is 1. The first-order valence-electron chi connectivity index (χ1n) is 8.86. The summed E-state index contributed by atoms with van der Waals surface area (Å²) in [7, 11) is 0. The molecule has 0 N–H and O–H groups in total. The van der Waals surface area contributed by atoms with Crippen LogP contribution in [0.3, 0.4) is 0 Å². The van der Waals surface area contributed by atoms with Crippen LogP contribution < -0.4 is 9.64 Å². The van der Waals surface area contributed by atoms with Crippen molar-refractivity contribution in [3.05, 3.63) is 46.0 Å². The van der Waals surface area contributed by atoms with E-state index in [1.165, 1.54) is 0 Å². The molecule has 0 radical (unpaired) electrons. The van der Waals surface area contributed by atoms with Gasteiger partial charge in [-0.15, -0.1) is 11.3 Å². The highest BCUT2D eigenvalue weighted by Gasteiger charge is 2.27. The van der Waals surface area contributed by atoms with E-state index in [4.69, 9.17) is 27.9 Å². The van der Waals surface area contributed by atoms with E-state index in [0.717, 1.165) is 16.0 Å². The zero-order chi connectivity index (χ0) is 19.7. The maximum absolute atomic E-state index is 12.8. The summed E-state index contributed by atoms with van der Waals surface area (Å²) in [6.07, 6.45) is 0.991. The second-order valence-electron chi connectivity index (χ2n) is 6.49. The summed E-state index contributed by atoms with van der Waals surface area (Å²) in [5.41, 5.74) is 0. The van der Waals surface area contributed by atoms with Gasteiger partial charge in [0.1, 0.15) is 22.7 Å². The number of fused-ring (bicyclic) bond motifs is 1. The molecule has 6 nitrogen and oxygen atoms in total. The molecule has 1 saturated heterocycles. The number of carbonyl (C=O) groups is 1. The fourth-order valence-electron chi connectivity index (χ4n) is 3.23. The molecule has 0 saturated carbocycles. The van der Waals surface area contributed by atoms with E-state index >= 15 is 0 Å². The Kier molecular flexibility index (Phi) is 5.57. The predicted octanol–water partition coefficient (Wildman–Crippen LogP) is 4.11. The van der Waals surface area contributed by atoms with E-state index in [0.29, 0.717) is 42.0 Å².